The van der Waals surface area contributed by atoms with Crippen LogP contribution < -0.4 is 5.32 Å². The number of fused-ring (bicyclic) bond motifs is 2. The van der Waals surface area contributed by atoms with Crippen LogP contribution in [0.5, 0.6) is 0 Å². The molecule has 0 unspecified atom stereocenters. The van der Waals surface area contributed by atoms with Crippen LogP contribution in [-0.4, -0.2) is 15.8 Å². The fourth-order valence-corrected chi connectivity index (χ4v) is 2.99. The average molecular weight is 311 g/mol. The molecule has 1 N–H and O–H groups in total. The second kappa shape index (κ2) is 5.05. The standard InChI is InChI=1S/C16H13N3O4/c20-16-11(8-15-17-13-3-1-2-4-14(13)23-15)10-7-9(19(21)22)5-6-12(10)18-16/h5-8H,1-4H2,(H,18,20). The second-order valence-corrected chi connectivity index (χ2v) is 5.63. The Kier molecular flexibility index (Phi) is 3.00. The number of carbonyl (C=O) groups excluding carboxylic acids is 1. The number of nitrogens with zero attached hydrogens (tertiary/aromatic N) is 2. The van der Waals surface area contributed by atoms with Crippen molar-refractivity contribution in [1.29, 1.82) is 0 Å². The summed E-state index contributed by atoms with van der Waals surface area (Å²) in [6, 6.07) is 4.29. The van der Waals surface area contributed by atoms with Crippen molar-refractivity contribution < 1.29 is 14.1 Å². The molecule has 1 amide bonds. The molecule has 4 rings (SSSR count). The first kappa shape index (κ1) is 13.7. The molecule has 1 aromatic carbocycles. The van der Waals surface area contributed by atoms with E-state index in [2.05, 4.69) is 10.3 Å². The lowest BCUT2D eigenvalue weighted by Crippen LogP contribution is -2.03. The summed E-state index contributed by atoms with van der Waals surface area (Å²) in [6.45, 7) is 0. The van der Waals surface area contributed by atoms with E-state index < -0.39 is 4.92 Å². The van der Waals surface area contributed by atoms with Gasteiger partial charge in [-0.3, -0.25) is 14.9 Å². The van der Waals surface area contributed by atoms with Crippen molar-refractivity contribution in [1.82, 2.24) is 4.98 Å². The van der Waals surface area contributed by atoms with Gasteiger partial charge < -0.3 is 9.73 Å². The Bertz CT molecular complexity index is 843. The van der Waals surface area contributed by atoms with Crippen molar-refractivity contribution in [2.45, 2.75) is 25.7 Å². The third-order valence-corrected chi connectivity index (χ3v) is 4.13. The number of anilines is 1. The number of aromatic nitrogens is 1. The number of rotatable bonds is 2. The maximum Gasteiger partial charge on any atom is 0.270 e. The van der Waals surface area contributed by atoms with Crippen LogP contribution in [0.25, 0.3) is 11.6 Å². The molecule has 1 aliphatic heterocycles. The van der Waals surface area contributed by atoms with E-state index >= 15 is 0 Å². The van der Waals surface area contributed by atoms with Gasteiger partial charge in [0.2, 0.25) is 5.89 Å². The lowest BCUT2D eigenvalue weighted by atomic mass is 10.0. The number of oxazole rings is 1. The van der Waals surface area contributed by atoms with Crippen molar-refractivity contribution in [2.24, 2.45) is 0 Å². The van der Waals surface area contributed by atoms with Crippen LogP contribution in [0, 0.1) is 10.1 Å². The van der Waals surface area contributed by atoms with Gasteiger partial charge in [-0.1, -0.05) is 0 Å². The Morgan fingerprint density at radius 1 is 1.30 bits per heavy atom. The number of nitrogens with one attached hydrogen (secondary N) is 1. The van der Waals surface area contributed by atoms with Gasteiger partial charge in [0, 0.05) is 35.9 Å². The highest BCUT2D eigenvalue weighted by molar-refractivity contribution is 6.34. The Labute approximate surface area is 131 Å². The van der Waals surface area contributed by atoms with Crippen molar-refractivity contribution in [2.75, 3.05) is 5.32 Å². The van der Waals surface area contributed by atoms with Crippen molar-refractivity contribution in [3.63, 3.8) is 0 Å². The first-order valence-corrected chi connectivity index (χ1v) is 7.42. The van der Waals surface area contributed by atoms with E-state index in [-0.39, 0.29) is 11.6 Å². The van der Waals surface area contributed by atoms with Crippen LogP contribution in [0.1, 0.15) is 35.7 Å². The average Bonchev–Trinajstić information content (AvgIpc) is 3.08. The topological polar surface area (TPSA) is 98.3 Å². The van der Waals surface area contributed by atoms with Gasteiger partial charge in [0.15, 0.2) is 0 Å². The van der Waals surface area contributed by atoms with Gasteiger partial charge in [0.1, 0.15) is 5.76 Å². The number of carbonyl (C=O) groups is 1. The molecular formula is C16H13N3O4. The molecule has 0 spiro atoms. The Hall–Kier alpha value is -2.96. The number of hydrogen-bond donors (Lipinski definition) is 1. The van der Waals surface area contributed by atoms with Crippen LogP contribution in [0.2, 0.25) is 0 Å². The molecule has 2 aliphatic rings. The number of amides is 1. The highest BCUT2D eigenvalue weighted by Gasteiger charge is 2.27. The van der Waals surface area contributed by atoms with E-state index in [0.717, 1.165) is 37.1 Å². The van der Waals surface area contributed by atoms with Crippen molar-refractivity contribution in [3.8, 4) is 0 Å². The number of hydrogen-bond acceptors (Lipinski definition) is 5. The number of nitro benzene ring substituents is 1. The number of nitro groups is 1. The lowest BCUT2D eigenvalue weighted by Gasteiger charge is -2.05. The van der Waals surface area contributed by atoms with Gasteiger partial charge >= 0.3 is 0 Å². The quantitative estimate of drug-likeness (QED) is 0.522. The summed E-state index contributed by atoms with van der Waals surface area (Å²) in [7, 11) is 0. The first-order valence-electron chi connectivity index (χ1n) is 7.42. The summed E-state index contributed by atoms with van der Waals surface area (Å²) in [4.78, 5) is 27.0. The van der Waals surface area contributed by atoms with Crippen LogP contribution in [0.15, 0.2) is 22.6 Å². The third-order valence-electron chi connectivity index (χ3n) is 4.13. The predicted octanol–water partition coefficient (Wildman–Crippen LogP) is 2.95. The number of aryl methyl sites for hydroxylation is 2. The molecule has 0 fully saturated rings. The second-order valence-electron chi connectivity index (χ2n) is 5.63. The molecule has 0 saturated heterocycles. The molecule has 7 nitrogen and oxygen atoms in total. The molecule has 1 aromatic heterocycles. The molecule has 0 atom stereocenters. The van der Waals surface area contributed by atoms with Gasteiger partial charge in [-0.2, -0.15) is 0 Å². The minimum absolute atomic E-state index is 0.0575. The maximum absolute atomic E-state index is 12.1. The SMILES string of the molecule is O=C1Nc2ccc([N+](=O)[O-])cc2C1=Cc1nc2c(o1)CCCC2. The summed E-state index contributed by atoms with van der Waals surface area (Å²) in [5, 5.41) is 13.6. The largest absolute Gasteiger partial charge is 0.441 e. The smallest absolute Gasteiger partial charge is 0.270 e. The highest BCUT2D eigenvalue weighted by atomic mass is 16.6. The zero-order valence-corrected chi connectivity index (χ0v) is 12.2. The van der Waals surface area contributed by atoms with E-state index in [1.807, 2.05) is 0 Å². The van der Waals surface area contributed by atoms with Gasteiger partial charge in [0.05, 0.1) is 16.2 Å². The minimum atomic E-state index is -0.482. The van der Waals surface area contributed by atoms with E-state index in [9.17, 15) is 14.9 Å². The highest BCUT2D eigenvalue weighted by Crippen LogP contribution is 2.36. The van der Waals surface area contributed by atoms with E-state index in [1.165, 1.54) is 18.2 Å². The van der Waals surface area contributed by atoms with Gasteiger partial charge in [-0.05, 0) is 25.3 Å². The van der Waals surface area contributed by atoms with E-state index in [0.29, 0.717) is 22.7 Å². The molecule has 2 heterocycles. The predicted molar refractivity (Wildman–Crippen MR) is 82.7 cm³/mol. The van der Waals surface area contributed by atoms with Crippen LogP contribution in [0.3, 0.4) is 0 Å². The lowest BCUT2D eigenvalue weighted by molar-refractivity contribution is -0.384. The summed E-state index contributed by atoms with van der Waals surface area (Å²) in [5.41, 5.74) is 2.28. The Morgan fingerprint density at radius 2 is 2.13 bits per heavy atom. The molecule has 23 heavy (non-hydrogen) atoms. The fraction of sp³-hybridized carbons (Fsp3) is 0.250. The van der Waals surface area contributed by atoms with Gasteiger partial charge in [-0.15, -0.1) is 0 Å². The Balaban J connectivity index is 1.77. The summed E-state index contributed by atoms with van der Waals surface area (Å²) in [5.74, 6) is 0.943. The van der Waals surface area contributed by atoms with Crippen LogP contribution >= 0.6 is 0 Å². The summed E-state index contributed by atoms with van der Waals surface area (Å²) < 4.78 is 5.71. The normalized spacial score (nSPS) is 17.7. The monoisotopic (exact) mass is 311 g/mol. The van der Waals surface area contributed by atoms with Crippen molar-refractivity contribution >= 4 is 28.9 Å². The fourth-order valence-electron chi connectivity index (χ4n) is 2.99. The molecule has 2 aromatic rings. The van der Waals surface area contributed by atoms with Gasteiger partial charge in [0.25, 0.3) is 11.6 Å². The molecule has 7 heteroatoms. The van der Waals surface area contributed by atoms with Gasteiger partial charge in [-0.25, -0.2) is 4.98 Å². The number of benzene rings is 1. The molecular weight excluding hydrogens is 298 g/mol. The molecule has 0 bridgehead atoms. The summed E-state index contributed by atoms with van der Waals surface area (Å²) in [6.07, 6.45) is 5.47. The third kappa shape index (κ3) is 2.30. The van der Waals surface area contributed by atoms with Crippen LogP contribution in [-0.2, 0) is 17.6 Å². The van der Waals surface area contributed by atoms with Crippen LogP contribution in [0.4, 0.5) is 11.4 Å². The molecule has 0 radical (unpaired) electrons. The van der Waals surface area contributed by atoms with E-state index in [4.69, 9.17) is 4.42 Å². The van der Waals surface area contributed by atoms with Crippen molar-refractivity contribution in [3.05, 3.63) is 51.2 Å². The minimum Gasteiger partial charge on any atom is -0.441 e. The van der Waals surface area contributed by atoms with E-state index in [1.54, 1.807) is 6.08 Å². The zero-order valence-electron chi connectivity index (χ0n) is 12.2. The maximum atomic E-state index is 12.1. The number of non-ortho nitro benzene ring substituents is 1. The molecule has 116 valence electrons. The first-order chi connectivity index (χ1) is 11.1. The Morgan fingerprint density at radius 3 is 2.91 bits per heavy atom. The summed E-state index contributed by atoms with van der Waals surface area (Å²) >= 11 is 0. The molecule has 0 saturated carbocycles. The zero-order chi connectivity index (χ0) is 16.0. The molecule has 1 aliphatic carbocycles.